The Morgan fingerprint density at radius 2 is 1.87 bits per heavy atom. The normalized spacial score (nSPS) is 16.7. The van der Waals surface area contributed by atoms with Gasteiger partial charge in [0.15, 0.2) is 0 Å². The van der Waals surface area contributed by atoms with Gasteiger partial charge in [0.05, 0.1) is 6.04 Å². The summed E-state index contributed by atoms with van der Waals surface area (Å²) in [5, 5.41) is 2.08. The predicted octanol–water partition coefficient (Wildman–Crippen LogP) is 4.80. The predicted molar refractivity (Wildman–Crippen MR) is 93.7 cm³/mol. The van der Waals surface area contributed by atoms with E-state index in [0.29, 0.717) is 6.54 Å². The second-order valence-corrected chi connectivity index (χ2v) is 6.91. The van der Waals surface area contributed by atoms with Gasteiger partial charge in [-0.1, -0.05) is 54.1 Å². The zero-order valence-corrected chi connectivity index (χ0v) is 13.7. The third-order valence-corrected chi connectivity index (χ3v) is 5.24. The van der Waals surface area contributed by atoms with Crippen molar-refractivity contribution in [2.45, 2.75) is 19.5 Å². The van der Waals surface area contributed by atoms with Gasteiger partial charge in [-0.2, -0.15) is 0 Å². The number of fused-ring (bicyclic) bond motifs is 1. The summed E-state index contributed by atoms with van der Waals surface area (Å²) >= 11 is 1.71. The molecule has 0 bridgehead atoms. The van der Waals surface area contributed by atoms with Crippen molar-refractivity contribution in [3.63, 3.8) is 0 Å². The topological polar surface area (TPSA) is 20.3 Å². The van der Waals surface area contributed by atoms with Gasteiger partial charge in [0.25, 0.3) is 5.91 Å². The molecule has 0 saturated heterocycles. The van der Waals surface area contributed by atoms with E-state index >= 15 is 0 Å². The third kappa shape index (κ3) is 2.47. The molecule has 3 aromatic rings. The Hall–Kier alpha value is -2.39. The Morgan fingerprint density at radius 1 is 1.04 bits per heavy atom. The average Bonchev–Trinajstić information content (AvgIpc) is 3.16. The van der Waals surface area contributed by atoms with Gasteiger partial charge in [-0.3, -0.25) is 4.79 Å². The van der Waals surface area contributed by atoms with Gasteiger partial charge < -0.3 is 4.90 Å². The Morgan fingerprint density at radius 3 is 2.61 bits per heavy atom. The standard InChI is InChI=1S/C20H17NOS/c1-14-9-10-16-17(12-14)19(18-8-5-11-23-18)21(20(16)22)13-15-6-3-2-4-7-15/h2-12,19H,13H2,1H3. The molecule has 0 spiro atoms. The summed E-state index contributed by atoms with van der Waals surface area (Å²) in [4.78, 5) is 16.2. The molecule has 3 heteroatoms. The Balaban J connectivity index is 1.80. The van der Waals surface area contributed by atoms with Crippen LogP contribution < -0.4 is 0 Å². The van der Waals surface area contributed by atoms with Gasteiger partial charge in [0, 0.05) is 17.0 Å². The van der Waals surface area contributed by atoms with Crippen LogP contribution in [-0.2, 0) is 6.54 Å². The minimum atomic E-state index is 0.0256. The second-order valence-electron chi connectivity index (χ2n) is 5.93. The van der Waals surface area contributed by atoms with E-state index in [0.717, 1.165) is 16.7 Å². The second kappa shape index (κ2) is 5.67. The number of amides is 1. The maximum absolute atomic E-state index is 12.9. The minimum absolute atomic E-state index is 0.0256. The number of aryl methyl sites for hydroxylation is 1. The van der Waals surface area contributed by atoms with Crippen LogP contribution in [0.25, 0.3) is 0 Å². The Bertz CT molecular complexity index is 839. The van der Waals surface area contributed by atoms with Crippen LogP contribution in [0.5, 0.6) is 0 Å². The molecule has 0 saturated carbocycles. The van der Waals surface area contributed by atoms with Crippen LogP contribution in [0.3, 0.4) is 0 Å². The number of benzene rings is 2. The number of thiophene rings is 1. The molecule has 4 rings (SSSR count). The number of carbonyl (C=O) groups is 1. The molecule has 0 N–H and O–H groups in total. The highest BCUT2D eigenvalue weighted by Gasteiger charge is 2.38. The fourth-order valence-corrected chi connectivity index (χ4v) is 4.09. The molecule has 0 aliphatic carbocycles. The fourth-order valence-electron chi connectivity index (χ4n) is 3.24. The van der Waals surface area contributed by atoms with Crippen LogP contribution in [0.2, 0.25) is 0 Å². The van der Waals surface area contributed by atoms with E-state index in [1.165, 1.54) is 10.4 Å². The molecule has 0 fully saturated rings. The lowest BCUT2D eigenvalue weighted by Crippen LogP contribution is -2.27. The average molecular weight is 319 g/mol. The molecule has 1 unspecified atom stereocenters. The fraction of sp³-hybridized carbons (Fsp3) is 0.150. The molecule has 2 heterocycles. The number of hydrogen-bond donors (Lipinski definition) is 0. The quantitative estimate of drug-likeness (QED) is 0.679. The van der Waals surface area contributed by atoms with E-state index in [-0.39, 0.29) is 11.9 Å². The van der Waals surface area contributed by atoms with Crippen molar-refractivity contribution in [2.75, 3.05) is 0 Å². The zero-order chi connectivity index (χ0) is 15.8. The van der Waals surface area contributed by atoms with E-state index < -0.39 is 0 Å². The molecular formula is C20H17NOS. The number of hydrogen-bond acceptors (Lipinski definition) is 2. The van der Waals surface area contributed by atoms with Crippen LogP contribution in [0.4, 0.5) is 0 Å². The summed E-state index contributed by atoms with van der Waals surface area (Å²) in [7, 11) is 0. The van der Waals surface area contributed by atoms with E-state index in [2.05, 4.69) is 42.6 Å². The van der Waals surface area contributed by atoms with Crippen LogP contribution in [0.1, 0.15) is 38.0 Å². The van der Waals surface area contributed by atoms with Crippen molar-refractivity contribution >= 4 is 17.2 Å². The van der Waals surface area contributed by atoms with Gasteiger partial charge in [-0.05, 0) is 35.6 Å². The summed E-state index contributed by atoms with van der Waals surface area (Å²) in [5.74, 6) is 0.127. The molecule has 1 atom stereocenters. The summed E-state index contributed by atoms with van der Waals surface area (Å²) in [5.41, 5.74) is 4.32. The van der Waals surface area contributed by atoms with Crippen molar-refractivity contribution < 1.29 is 4.79 Å². The molecule has 1 aliphatic rings. The van der Waals surface area contributed by atoms with Crippen LogP contribution in [-0.4, -0.2) is 10.8 Å². The van der Waals surface area contributed by atoms with E-state index in [9.17, 15) is 4.79 Å². The highest BCUT2D eigenvalue weighted by Crippen LogP contribution is 2.41. The highest BCUT2D eigenvalue weighted by molar-refractivity contribution is 7.10. The third-order valence-electron chi connectivity index (χ3n) is 4.31. The highest BCUT2D eigenvalue weighted by atomic mass is 32.1. The molecule has 0 radical (unpaired) electrons. The lowest BCUT2D eigenvalue weighted by Gasteiger charge is -2.25. The van der Waals surface area contributed by atoms with Gasteiger partial charge in [-0.25, -0.2) is 0 Å². The minimum Gasteiger partial charge on any atom is -0.322 e. The first kappa shape index (κ1) is 14.2. The number of rotatable bonds is 3. The van der Waals surface area contributed by atoms with Crippen molar-refractivity contribution in [3.8, 4) is 0 Å². The van der Waals surface area contributed by atoms with Crippen LogP contribution in [0, 0.1) is 6.92 Å². The van der Waals surface area contributed by atoms with E-state index in [1.807, 2.05) is 35.2 Å². The van der Waals surface area contributed by atoms with Gasteiger partial charge >= 0.3 is 0 Å². The molecule has 114 valence electrons. The molecule has 1 amide bonds. The number of nitrogens with zero attached hydrogens (tertiary/aromatic N) is 1. The van der Waals surface area contributed by atoms with Gasteiger partial charge in [-0.15, -0.1) is 11.3 Å². The van der Waals surface area contributed by atoms with Crippen molar-refractivity contribution in [1.82, 2.24) is 4.90 Å². The van der Waals surface area contributed by atoms with Crippen LogP contribution in [0.15, 0.2) is 66.0 Å². The first-order valence-corrected chi connectivity index (χ1v) is 8.61. The summed E-state index contributed by atoms with van der Waals surface area (Å²) in [6.45, 7) is 2.71. The maximum Gasteiger partial charge on any atom is 0.255 e. The first-order chi connectivity index (χ1) is 11.2. The zero-order valence-electron chi connectivity index (χ0n) is 12.9. The Kier molecular flexibility index (Phi) is 3.50. The van der Waals surface area contributed by atoms with Crippen LogP contribution >= 0.6 is 11.3 Å². The van der Waals surface area contributed by atoms with Crippen molar-refractivity contribution in [1.29, 1.82) is 0 Å². The number of carbonyl (C=O) groups excluding carboxylic acids is 1. The molecule has 1 aliphatic heterocycles. The lowest BCUT2D eigenvalue weighted by atomic mass is 10.0. The monoisotopic (exact) mass is 319 g/mol. The van der Waals surface area contributed by atoms with Crippen molar-refractivity contribution in [2.24, 2.45) is 0 Å². The smallest absolute Gasteiger partial charge is 0.255 e. The molecule has 2 aromatic carbocycles. The largest absolute Gasteiger partial charge is 0.322 e. The van der Waals surface area contributed by atoms with E-state index in [1.54, 1.807) is 11.3 Å². The molecular weight excluding hydrogens is 302 g/mol. The van der Waals surface area contributed by atoms with E-state index in [4.69, 9.17) is 0 Å². The SMILES string of the molecule is Cc1ccc2c(c1)C(c1cccs1)N(Cc1ccccc1)C2=O. The first-order valence-electron chi connectivity index (χ1n) is 7.73. The molecule has 2 nitrogen and oxygen atoms in total. The van der Waals surface area contributed by atoms with Gasteiger partial charge in [0.1, 0.15) is 0 Å². The molecule has 1 aromatic heterocycles. The van der Waals surface area contributed by atoms with Crippen molar-refractivity contribution in [3.05, 3.63) is 93.2 Å². The molecule has 23 heavy (non-hydrogen) atoms. The lowest BCUT2D eigenvalue weighted by molar-refractivity contribution is 0.0738. The summed E-state index contributed by atoms with van der Waals surface area (Å²) < 4.78 is 0. The maximum atomic E-state index is 12.9. The summed E-state index contributed by atoms with van der Waals surface area (Å²) in [6, 6.07) is 20.6. The van der Waals surface area contributed by atoms with Gasteiger partial charge in [0.2, 0.25) is 0 Å². The Labute approximate surface area is 140 Å². The summed E-state index contributed by atoms with van der Waals surface area (Å²) in [6.07, 6.45) is 0.